The Morgan fingerprint density at radius 1 is 1.12 bits per heavy atom. The van der Waals surface area contributed by atoms with Crippen molar-refractivity contribution in [2.45, 2.75) is 63.9 Å². The number of hydrogen-bond acceptors (Lipinski definition) is 7. The molecule has 1 amide bonds. The van der Waals surface area contributed by atoms with Crippen LogP contribution in [-0.2, 0) is 28.5 Å². The van der Waals surface area contributed by atoms with Crippen LogP contribution in [0, 0.1) is 0 Å². The molecule has 1 aliphatic rings. The van der Waals surface area contributed by atoms with Crippen molar-refractivity contribution in [2.24, 2.45) is 0 Å². The van der Waals surface area contributed by atoms with E-state index in [0.29, 0.717) is 12.2 Å². The lowest BCUT2D eigenvalue weighted by Crippen LogP contribution is -2.61. The van der Waals surface area contributed by atoms with Crippen LogP contribution >= 0.6 is 11.6 Å². The summed E-state index contributed by atoms with van der Waals surface area (Å²) in [5.74, 6) is -2.23. The van der Waals surface area contributed by atoms with Gasteiger partial charge in [-0.3, -0.25) is 4.79 Å². The lowest BCUT2D eigenvalue weighted by atomic mass is 9.91. The van der Waals surface area contributed by atoms with Crippen LogP contribution in [0.3, 0.4) is 0 Å². The fourth-order valence-electron chi connectivity index (χ4n) is 3.41. The van der Waals surface area contributed by atoms with Gasteiger partial charge in [0.1, 0.15) is 0 Å². The summed E-state index contributed by atoms with van der Waals surface area (Å²) in [5, 5.41) is 2.58. The molecule has 2 atom stereocenters. The predicted octanol–water partition coefficient (Wildman–Crippen LogP) is 3.21. The summed E-state index contributed by atoms with van der Waals surface area (Å²) in [6, 6.07) is 8.30. The molecule has 0 aliphatic carbocycles. The number of benzene rings is 1. The zero-order valence-electron chi connectivity index (χ0n) is 18.6. The van der Waals surface area contributed by atoms with Gasteiger partial charge in [0.05, 0.1) is 19.3 Å². The summed E-state index contributed by atoms with van der Waals surface area (Å²) >= 11 is 6.10. The van der Waals surface area contributed by atoms with Crippen molar-refractivity contribution in [3.05, 3.63) is 35.9 Å². The minimum absolute atomic E-state index is 0.0343. The molecule has 1 heterocycles. The Balaban J connectivity index is 2.25. The molecule has 0 bridgehead atoms. The second-order valence-corrected chi connectivity index (χ2v) is 7.72. The average molecular weight is 470 g/mol. The fraction of sp³-hybridized carbons (Fsp3) is 0.609. The van der Waals surface area contributed by atoms with Gasteiger partial charge in [0, 0.05) is 18.1 Å². The van der Waals surface area contributed by atoms with Crippen LogP contribution in [0.4, 0.5) is 0 Å². The van der Waals surface area contributed by atoms with E-state index in [1.165, 1.54) is 0 Å². The van der Waals surface area contributed by atoms with Crippen molar-refractivity contribution >= 4 is 29.4 Å². The summed E-state index contributed by atoms with van der Waals surface area (Å²) < 4.78 is 21.9. The van der Waals surface area contributed by atoms with E-state index in [0.717, 1.165) is 19.3 Å². The van der Waals surface area contributed by atoms with E-state index in [2.05, 4.69) is 5.32 Å². The molecular formula is C23H32ClNO7. The SMILES string of the molecule is CCOC(=O)C(CC[C@@H](CCl)OC1CCCCO1)(NC(=O)c1ccccc1)C(=O)OCC. The van der Waals surface area contributed by atoms with E-state index in [4.69, 9.17) is 30.5 Å². The van der Waals surface area contributed by atoms with E-state index in [1.54, 1.807) is 44.2 Å². The van der Waals surface area contributed by atoms with Crippen molar-refractivity contribution in [2.75, 3.05) is 25.7 Å². The number of hydrogen-bond donors (Lipinski definition) is 1. The van der Waals surface area contributed by atoms with E-state index in [-0.39, 0.29) is 38.2 Å². The van der Waals surface area contributed by atoms with Gasteiger partial charge in [-0.2, -0.15) is 0 Å². The largest absolute Gasteiger partial charge is 0.464 e. The van der Waals surface area contributed by atoms with E-state index in [9.17, 15) is 14.4 Å². The van der Waals surface area contributed by atoms with Gasteiger partial charge in [-0.1, -0.05) is 18.2 Å². The van der Waals surface area contributed by atoms with Gasteiger partial charge < -0.3 is 24.3 Å². The van der Waals surface area contributed by atoms with Crippen molar-refractivity contribution < 1.29 is 33.3 Å². The Hall–Kier alpha value is -2.16. The Kier molecular flexibility index (Phi) is 10.9. The van der Waals surface area contributed by atoms with Crippen LogP contribution in [0.2, 0.25) is 0 Å². The highest BCUT2D eigenvalue weighted by atomic mass is 35.5. The molecule has 8 nitrogen and oxygen atoms in total. The molecule has 2 rings (SSSR count). The van der Waals surface area contributed by atoms with Crippen molar-refractivity contribution in [1.82, 2.24) is 5.32 Å². The number of carbonyl (C=O) groups excluding carboxylic acids is 3. The van der Waals surface area contributed by atoms with Crippen molar-refractivity contribution in [3.8, 4) is 0 Å². The Bertz CT molecular complexity index is 719. The first-order valence-corrected chi connectivity index (χ1v) is 11.5. The lowest BCUT2D eigenvalue weighted by Gasteiger charge is -2.32. The normalized spacial score (nSPS) is 17.3. The summed E-state index contributed by atoms with van der Waals surface area (Å²) in [6.07, 6.45) is 1.94. The molecule has 1 aromatic carbocycles. The minimum Gasteiger partial charge on any atom is -0.464 e. The van der Waals surface area contributed by atoms with Gasteiger partial charge >= 0.3 is 11.9 Å². The second-order valence-electron chi connectivity index (χ2n) is 7.41. The molecule has 0 spiro atoms. The zero-order valence-corrected chi connectivity index (χ0v) is 19.4. The summed E-state index contributed by atoms with van der Waals surface area (Å²) in [4.78, 5) is 38.9. The summed E-state index contributed by atoms with van der Waals surface area (Å²) in [6.45, 7) is 3.93. The van der Waals surface area contributed by atoms with Gasteiger partial charge in [0.15, 0.2) is 6.29 Å². The molecule has 0 saturated carbocycles. The van der Waals surface area contributed by atoms with Gasteiger partial charge in [0.2, 0.25) is 5.54 Å². The number of nitrogens with one attached hydrogen (secondary N) is 1. The third-order valence-electron chi connectivity index (χ3n) is 5.11. The highest BCUT2D eigenvalue weighted by molar-refractivity contribution is 6.18. The standard InChI is InChI=1S/C23H32ClNO7/c1-3-29-21(27)23(22(28)30-4-2,25-20(26)17-10-6-5-7-11-17)14-13-18(16-24)32-19-12-8-9-15-31-19/h5-7,10-11,18-19H,3-4,8-9,12-16H2,1-2H3,(H,25,26)/t18-,19?/m0/s1. The van der Waals surface area contributed by atoms with Gasteiger partial charge in [-0.05, 0) is 58.1 Å². The molecular weight excluding hydrogens is 438 g/mol. The van der Waals surface area contributed by atoms with Crippen LogP contribution in [0.5, 0.6) is 0 Å². The number of ether oxygens (including phenoxy) is 4. The molecule has 32 heavy (non-hydrogen) atoms. The average Bonchev–Trinajstić information content (AvgIpc) is 2.82. The molecule has 1 saturated heterocycles. The van der Waals surface area contributed by atoms with Crippen LogP contribution in [-0.4, -0.2) is 61.5 Å². The van der Waals surface area contributed by atoms with E-state index in [1.807, 2.05) is 0 Å². The first kappa shape index (κ1) is 26.1. The van der Waals surface area contributed by atoms with E-state index >= 15 is 0 Å². The number of amides is 1. The molecule has 0 radical (unpaired) electrons. The second kappa shape index (κ2) is 13.4. The lowest BCUT2D eigenvalue weighted by molar-refractivity contribution is -0.186. The molecule has 9 heteroatoms. The number of esters is 2. The Morgan fingerprint density at radius 3 is 2.31 bits per heavy atom. The highest BCUT2D eigenvalue weighted by Crippen LogP contribution is 2.24. The van der Waals surface area contributed by atoms with Gasteiger partial charge in [-0.15, -0.1) is 11.6 Å². The molecule has 0 aromatic heterocycles. The number of carbonyl (C=O) groups is 3. The topological polar surface area (TPSA) is 100 Å². The molecule has 1 aromatic rings. The molecule has 1 N–H and O–H groups in total. The maximum atomic E-state index is 13.0. The molecule has 1 unspecified atom stereocenters. The molecule has 178 valence electrons. The van der Waals surface area contributed by atoms with Gasteiger partial charge in [0.25, 0.3) is 5.91 Å². The Labute approximate surface area is 193 Å². The third kappa shape index (κ3) is 7.18. The summed E-state index contributed by atoms with van der Waals surface area (Å²) in [7, 11) is 0. The monoisotopic (exact) mass is 469 g/mol. The first-order valence-electron chi connectivity index (χ1n) is 11.0. The minimum atomic E-state index is -2.03. The van der Waals surface area contributed by atoms with Crippen LogP contribution in [0.25, 0.3) is 0 Å². The first-order chi connectivity index (χ1) is 15.5. The molecule has 1 aliphatic heterocycles. The van der Waals surface area contributed by atoms with Gasteiger partial charge in [-0.25, -0.2) is 9.59 Å². The fourth-order valence-corrected chi connectivity index (χ4v) is 3.64. The number of alkyl halides is 1. The van der Waals surface area contributed by atoms with Crippen LogP contribution < -0.4 is 5.32 Å². The number of rotatable bonds is 12. The smallest absolute Gasteiger partial charge is 0.343 e. The zero-order chi connectivity index (χ0) is 23.4. The number of halogens is 1. The maximum absolute atomic E-state index is 13.0. The van der Waals surface area contributed by atoms with Crippen molar-refractivity contribution in [3.63, 3.8) is 0 Å². The predicted molar refractivity (Wildman–Crippen MR) is 118 cm³/mol. The quantitative estimate of drug-likeness (QED) is 0.285. The highest BCUT2D eigenvalue weighted by Gasteiger charge is 2.50. The van der Waals surface area contributed by atoms with Crippen LogP contribution in [0.15, 0.2) is 30.3 Å². The third-order valence-corrected chi connectivity index (χ3v) is 5.45. The van der Waals surface area contributed by atoms with E-state index < -0.39 is 29.5 Å². The maximum Gasteiger partial charge on any atom is 0.343 e. The Morgan fingerprint density at radius 2 is 1.78 bits per heavy atom. The van der Waals surface area contributed by atoms with Crippen molar-refractivity contribution in [1.29, 1.82) is 0 Å². The summed E-state index contributed by atoms with van der Waals surface area (Å²) in [5.41, 5.74) is -1.73. The molecule has 1 fully saturated rings. The van der Waals surface area contributed by atoms with Crippen LogP contribution in [0.1, 0.15) is 56.3 Å².